The Morgan fingerprint density at radius 3 is 2.71 bits per heavy atom. The zero-order chi connectivity index (χ0) is 15.7. The van der Waals surface area contributed by atoms with Crippen LogP contribution in [0.4, 0.5) is 4.79 Å². The molecule has 1 aromatic rings. The number of hydrogen-bond acceptors (Lipinski definition) is 3. The monoisotopic (exact) mass is 293 g/mol. The van der Waals surface area contributed by atoms with E-state index in [1.54, 1.807) is 0 Å². The van der Waals surface area contributed by atoms with E-state index in [9.17, 15) is 4.79 Å². The summed E-state index contributed by atoms with van der Waals surface area (Å²) in [6.45, 7) is 10.7. The van der Waals surface area contributed by atoms with Crippen molar-refractivity contribution < 1.29 is 9.53 Å². The van der Waals surface area contributed by atoms with Crippen LogP contribution in [0.15, 0.2) is 30.5 Å². The number of rotatable bonds is 7. The molecule has 0 spiro atoms. The Morgan fingerprint density at radius 2 is 2.05 bits per heavy atom. The largest absolute Gasteiger partial charge is 0.444 e. The Hall–Kier alpha value is -1.75. The topological polar surface area (TPSA) is 55.3 Å². The summed E-state index contributed by atoms with van der Waals surface area (Å²) in [4.78, 5) is 11.4. The number of ether oxygens (including phenoxy) is 1. The summed E-state index contributed by atoms with van der Waals surface area (Å²) in [5, 5.41) is 6.02. The molecule has 0 saturated heterocycles. The average molecular weight is 293 g/mol. The SMILES string of the molecule is CCn1cccc1CNC/C=C/CNC(=O)OC(C)(C)C. The average Bonchev–Trinajstić information content (AvgIpc) is 2.83. The van der Waals surface area contributed by atoms with Crippen LogP contribution in [-0.4, -0.2) is 29.4 Å². The Bertz CT molecular complexity index is 458. The fourth-order valence-electron chi connectivity index (χ4n) is 1.83. The minimum absolute atomic E-state index is 0.388. The van der Waals surface area contributed by atoms with E-state index in [-0.39, 0.29) is 6.09 Å². The van der Waals surface area contributed by atoms with E-state index in [1.165, 1.54) is 5.69 Å². The first-order chi connectivity index (χ1) is 9.92. The van der Waals surface area contributed by atoms with Gasteiger partial charge in [-0.25, -0.2) is 4.79 Å². The van der Waals surface area contributed by atoms with Crippen molar-refractivity contribution in [1.29, 1.82) is 0 Å². The molecule has 5 nitrogen and oxygen atoms in total. The van der Waals surface area contributed by atoms with Crippen LogP contribution in [0.1, 0.15) is 33.4 Å². The van der Waals surface area contributed by atoms with Crippen molar-refractivity contribution in [3.05, 3.63) is 36.2 Å². The highest BCUT2D eigenvalue weighted by Crippen LogP contribution is 2.06. The van der Waals surface area contributed by atoms with E-state index >= 15 is 0 Å². The summed E-state index contributed by atoms with van der Waals surface area (Å²) in [6.07, 6.45) is 5.60. The molecule has 0 aliphatic heterocycles. The summed E-state index contributed by atoms with van der Waals surface area (Å²) < 4.78 is 7.35. The smallest absolute Gasteiger partial charge is 0.407 e. The minimum Gasteiger partial charge on any atom is -0.444 e. The standard InChI is InChI=1S/C16H27N3O2/c1-5-19-12-8-9-14(19)13-17-10-6-7-11-18-15(20)21-16(2,3)4/h6-9,12,17H,5,10-11,13H2,1-4H3,(H,18,20)/b7-6+. The highest BCUT2D eigenvalue weighted by molar-refractivity contribution is 5.67. The molecule has 118 valence electrons. The summed E-state index contributed by atoms with van der Waals surface area (Å²) in [5.41, 5.74) is 0.821. The lowest BCUT2D eigenvalue weighted by Crippen LogP contribution is -2.32. The van der Waals surface area contributed by atoms with Gasteiger partial charge in [-0.3, -0.25) is 0 Å². The van der Waals surface area contributed by atoms with Gasteiger partial charge in [0.05, 0.1) is 0 Å². The van der Waals surface area contributed by atoms with E-state index < -0.39 is 5.60 Å². The number of carbonyl (C=O) groups is 1. The van der Waals surface area contributed by atoms with Gasteiger partial charge in [0.1, 0.15) is 5.60 Å². The van der Waals surface area contributed by atoms with Gasteiger partial charge in [0.2, 0.25) is 0 Å². The minimum atomic E-state index is -0.455. The summed E-state index contributed by atoms with van der Waals surface area (Å²) in [6, 6.07) is 4.17. The number of aromatic nitrogens is 1. The molecule has 5 heteroatoms. The van der Waals surface area contributed by atoms with Gasteiger partial charge < -0.3 is 19.9 Å². The predicted molar refractivity (Wildman–Crippen MR) is 85.2 cm³/mol. The van der Waals surface area contributed by atoms with E-state index in [0.29, 0.717) is 6.54 Å². The van der Waals surface area contributed by atoms with Gasteiger partial charge in [-0.1, -0.05) is 12.2 Å². The van der Waals surface area contributed by atoms with Gasteiger partial charge in [-0.2, -0.15) is 0 Å². The highest BCUT2D eigenvalue weighted by atomic mass is 16.6. The van der Waals surface area contributed by atoms with Crippen molar-refractivity contribution in [3.8, 4) is 0 Å². The number of nitrogens with zero attached hydrogens (tertiary/aromatic N) is 1. The van der Waals surface area contributed by atoms with E-state index in [4.69, 9.17) is 4.74 Å². The fourth-order valence-corrected chi connectivity index (χ4v) is 1.83. The summed E-state index contributed by atoms with van der Waals surface area (Å²) >= 11 is 0. The molecule has 1 aromatic heterocycles. The molecule has 2 N–H and O–H groups in total. The molecule has 21 heavy (non-hydrogen) atoms. The van der Waals surface area contributed by atoms with Gasteiger partial charge in [0, 0.05) is 38.1 Å². The van der Waals surface area contributed by atoms with Crippen LogP contribution in [0.2, 0.25) is 0 Å². The maximum atomic E-state index is 11.4. The maximum Gasteiger partial charge on any atom is 0.407 e. The lowest BCUT2D eigenvalue weighted by atomic mass is 10.2. The van der Waals surface area contributed by atoms with Gasteiger partial charge in [-0.15, -0.1) is 0 Å². The van der Waals surface area contributed by atoms with Gasteiger partial charge in [0.25, 0.3) is 0 Å². The van der Waals surface area contributed by atoms with Crippen molar-refractivity contribution in [3.63, 3.8) is 0 Å². The van der Waals surface area contributed by atoms with Crippen molar-refractivity contribution in [2.45, 2.75) is 46.4 Å². The molecular weight excluding hydrogens is 266 g/mol. The van der Waals surface area contributed by atoms with Crippen molar-refractivity contribution in [1.82, 2.24) is 15.2 Å². The first kappa shape index (κ1) is 17.3. The van der Waals surface area contributed by atoms with E-state index in [2.05, 4.69) is 40.5 Å². The van der Waals surface area contributed by atoms with E-state index in [1.807, 2.05) is 32.9 Å². The molecule has 0 aliphatic carbocycles. The molecule has 0 aliphatic rings. The zero-order valence-electron chi connectivity index (χ0n) is 13.5. The molecular formula is C16H27N3O2. The van der Waals surface area contributed by atoms with Crippen LogP contribution in [-0.2, 0) is 17.8 Å². The molecule has 0 saturated carbocycles. The molecule has 0 atom stereocenters. The molecule has 0 fully saturated rings. The lowest BCUT2D eigenvalue weighted by Gasteiger charge is -2.19. The van der Waals surface area contributed by atoms with Gasteiger partial charge in [0.15, 0.2) is 0 Å². The zero-order valence-corrected chi connectivity index (χ0v) is 13.5. The highest BCUT2D eigenvalue weighted by Gasteiger charge is 2.14. The number of nitrogens with one attached hydrogen (secondary N) is 2. The molecule has 0 unspecified atom stereocenters. The number of aryl methyl sites for hydroxylation is 1. The predicted octanol–water partition coefficient (Wildman–Crippen LogP) is 2.68. The molecule has 0 bridgehead atoms. The first-order valence-corrected chi connectivity index (χ1v) is 7.39. The number of carbonyl (C=O) groups excluding carboxylic acids is 1. The second-order valence-corrected chi connectivity index (χ2v) is 5.77. The Balaban J connectivity index is 2.12. The Labute approximate surface area is 127 Å². The molecule has 1 rings (SSSR count). The van der Waals surface area contributed by atoms with Crippen LogP contribution in [0, 0.1) is 0 Å². The van der Waals surface area contributed by atoms with Crippen molar-refractivity contribution in [2.75, 3.05) is 13.1 Å². The molecule has 1 heterocycles. The maximum absolute atomic E-state index is 11.4. The molecule has 0 radical (unpaired) electrons. The third-order valence-corrected chi connectivity index (χ3v) is 2.76. The normalized spacial score (nSPS) is 11.8. The quantitative estimate of drug-likeness (QED) is 0.600. The van der Waals surface area contributed by atoms with Crippen molar-refractivity contribution in [2.24, 2.45) is 0 Å². The van der Waals surface area contributed by atoms with Gasteiger partial charge in [-0.05, 0) is 39.8 Å². The number of hydrogen-bond donors (Lipinski definition) is 2. The number of alkyl carbamates (subject to hydrolysis) is 1. The first-order valence-electron chi connectivity index (χ1n) is 7.39. The third-order valence-electron chi connectivity index (χ3n) is 2.76. The summed E-state index contributed by atoms with van der Waals surface area (Å²) in [7, 11) is 0. The number of amides is 1. The lowest BCUT2D eigenvalue weighted by molar-refractivity contribution is 0.0534. The van der Waals surface area contributed by atoms with Crippen molar-refractivity contribution >= 4 is 6.09 Å². The fraction of sp³-hybridized carbons (Fsp3) is 0.562. The third kappa shape index (κ3) is 7.56. The second kappa shape index (κ2) is 8.52. The van der Waals surface area contributed by atoms with Crippen LogP contribution in [0.5, 0.6) is 0 Å². The Kier molecular flexibility index (Phi) is 7.02. The van der Waals surface area contributed by atoms with Crippen LogP contribution in [0.3, 0.4) is 0 Å². The second-order valence-electron chi connectivity index (χ2n) is 5.77. The summed E-state index contributed by atoms with van der Waals surface area (Å²) in [5.74, 6) is 0. The van der Waals surface area contributed by atoms with E-state index in [0.717, 1.165) is 19.6 Å². The van der Waals surface area contributed by atoms with Crippen LogP contribution >= 0.6 is 0 Å². The Morgan fingerprint density at radius 1 is 1.33 bits per heavy atom. The van der Waals surface area contributed by atoms with Crippen LogP contribution < -0.4 is 10.6 Å². The van der Waals surface area contributed by atoms with Crippen LogP contribution in [0.25, 0.3) is 0 Å². The molecule has 1 amide bonds. The molecule has 0 aromatic carbocycles. The van der Waals surface area contributed by atoms with Gasteiger partial charge >= 0.3 is 6.09 Å².